The Morgan fingerprint density at radius 2 is 2.36 bits per heavy atom. The van der Waals surface area contributed by atoms with Crippen LogP contribution in [0.3, 0.4) is 0 Å². The van der Waals surface area contributed by atoms with Gasteiger partial charge in [-0.1, -0.05) is 0 Å². The van der Waals surface area contributed by atoms with E-state index in [2.05, 4.69) is 27.6 Å². The summed E-state index contributed by atoms with van der Waals surface area (Å²) in [6.07, 6.45) is 5.13. The van der Waals surface area contributed by atoms with Crippen LogP contribution in [0.1, 0.15) is 0 Å². The van der Waals surface area contributed by atoms with Crippen molar-refractivity contribution in [1.82, 2.24) is 9.38 Å². The third-order valence-electron chi connectivity index (χ3n) is 1.41. The molecule has 2 rings (SSSR count). The van der Waals surface area contributed by atoms with Gasteiger partial charge in [-0.15, -0.1) is 0 Å². The number of aromatic nitrogens is 2. The predicted octanol–water partition coefficient (Wildman–Crippen LogP) is 2.08. The van der Waals surface area contributed by atoms with Gasteiger partial charge in [-0.25, -0.2) is 9.37 Å². The van der Waals surface area contributed by atoms with Crippen LogP contribution in [0.4, 0.5) is 4.39 Å². The average Bonchev–Trinajstić information content (AvgIpc) is 2.34. The lowest BCUT2D eigenvalue weighted by molar-refractivity contribution is 0.628. The smallest absolute Gasteiger partial charge is 0.173 e. The Balaban J connectivity index is 2.91. The highest BCUT2D eigenvalue weighted by Gasteiger charge is 2.01. The topological polar surface area (TPSA) is 17.3 Å². The highest BCUT2D eigenvalue weighted by Crippen LogP contribution is 2.11. The van der Waals surface area contributed by atoms with Crippen molar-refractivity contribution in [2.24, 2.45) is 0 Å². The Morgan fingerprint density at radius 1 is 1.55 bits per heavy atom. The summed E-state index contributed by atoms with van der Waals surface area (Å²) >= 11 is 2.06. The fourth-order valence-electron chi connectivity index (χ4n) is 0.958. The zero-order valence-corrected chi connectivity index (χ0v) is 7.62. The van der Waals surface area contributed by atoms with Gasteiger partial charge in [0, 0.05) is 22.2 Å². The molecule has 0 N–H and O–H groups in total. The molecule has 0 aliphatic rings. The molecule has 0 saturated carbocycles. The van der Waals surface area contributed by atoms with Gasteiger partial charge in [0.15, 0.2) is 11.5 Å². The first-order chi connectivity index (χ1) is 5.27. The zero-order chi connectivity index (χ0) is 7.84. The maximum absolute atomic E-state index is 13.0. The number of rotatable bonds is 0. The van der Waals surface area contributed by atoms with E-state index in [1.165, 1.54) is 6.07 Å². The second-order valence-corrected chi connectivity index (χ2v) is 3.41. The Morgan fingerprint density at radius 3 is 3.18 bits per heavy atom. The van der Waals surface area contributed by atoms with Gasteiger partial charge in [0.05, 0.1) is 0 Å². The summed E-state index contributed by atoms with van der Waals surface area (Å²) in [5.41, 5.74) is 0.380. The molecule has 0 saturated heterocycles. The van der Waals surface area contributed by atoms with Gasteiger partial charge in [0.2, 0.25) is 0 Å². The van der Waals surface area contributed by atoms with Crippen molar-refractivity contribution in [2.75, 3.05) is 0 Å². The molecule has 2 aromatic heterocycles. The van der Waals surface area contributed by atoms with Crippen LogP contribution < -0.4 is 0 Å². The van der Waals surface area contributed by atoms with Gasteiger partial charge in [0.25, 0.3) is 0 Å². The minimum atomic E-state index is -0.276. The molecule has 0 unspecified atom stereocenters. The van der Waals surface area contributed by atoms with E-state index in [-0.39, 0.29) is 5.82 Å². The van der Waals surface area contributed by atoms with Crippen molar-refractivity contribution in [2.45, 2.75) is 0 Å². The van der Waals surface area contributed by atoms with E-state index < -0.39 is 0 Å². The van der Waals surface area contributed by atoms with Gasteiger partial charge in [0.1, 0.15) is 0 Å². The summed E-state index contributed by atoms with van der Waals surface area (Å²) in [6.45, 7) is 0. The normalized spacial score (nSPS) is 10.7. The van der Waals surface area contributed by atoms with Gasteiger partial charge in [-0.3, -0.25) is 0 Å². The Labute approximate surface area is 76.2 Å². The molecule has 0 aliphatic heterocycles. The van der Waals surface area contributed by atoms with Gasteiger partial charge < -0.3 is 4.40 Å². The number of fused-ring (bicyclic) bond motifs is 1. The maximum atomic E-state index is 13.0. The van der Waals surface area contributed by atoms with E-state index in [4.69, 9.17) is 0 Å². The second-order valence-electron chi connectivity index (χ2n) is 2.16. The van der Waals surface area contributed by atoms with Crippen molar-refractivity contribution in [3.63, 3.8) is 0 Å². The molecule has 2 heterocycles. The molecule has 0 fully saturated rings. The van der Waals surface area contributed by atoms with Crippen molar-refractivity contribution in [3.05, 3.63) is 34.0 Å². The average molecular weight is 262 g/mol. The van der Waals surface area contributed by atoms with Crippen LogP contribution >= 0.6 is 22.6 Å². The van der Waals surface area contributed by atoms with Crippen LogP contribution in [-0.4, -0.2) is 9.38 Å². The summed E-state index contributed by atoms with van der Waals surface area (Å²) in [6, 6.07) is 1.46. The summed E-state index contributed by atoms with van der Waals surface area (Å²) in [5, 5.41) is 0. The van der Waals surface area contributed by atoms with Crippen LogP contribution in [0, 0.1) is 9.39 Å². The molecule has 0 radical (unpaired) electrons. The summed E-state index contributed by atoms with van der Waals surface area (Å²) in [7, 11) is 0. The third-order valence-corrected chi connectivity index (χ3v) is 2.00. The fraction of sp³-hybridized carbons (Fsp3) is 0. The zero-order valence-electron chi connectivity index (χ0n) is 5.46. The molecule has 56 valence electrons. The van der Waals surface area contributed by atoms with Gasteiger partial charge >= 0.3 is 0 Å². The van der Waals surface area contributed by atoms with Crippen LogP contribution in [-0.2, 0) is 0 Å². The van der Waals surface area contributed by atoms with Crippen molar-refractivity contribution in [3.8, 4) is 0 Å². The van der Waals surface area contributed by atoms with Gasteiger partial charge in [-0.05, 0) is 28.7 Å². The summed E-state index contributed by atoms with van der Waals surface area (Å²) in [5.74, 6) is -0.276. The lowest BCUT2D eigenvalue weighted by atomic mass is 10.4. The SMILES string of the molecule is Fc1cc(I)cn2ccnc12. The van der Waals surface area contributed by atoms with E-state index >= 15 is 0 Å². The van der Waals surface area contributed by atoms with Crippen LogP contribution in [0.25, 0.3) is 5.65 Å². The first-order valence-electron chi connectivity index (χ1n) is 3.05. The van der Waals surface area contributed by atoms with E-state index in [9.17, 15) is 4.39 Å². The number of halogens is 2. The number of nitrogens with zero attached hydrogens (tertiary/aromatic N) is 2. The van der Waals surface area contributed by atoms with Crippen molar-refractivity contribution >= 4 is 28.2 Å². The standard InChI is InChI=1S/C7H4FIN2/c8-6-3-5(9)4-11-2-1-10-7(6)11/h1-4H. The minimum absolute atomic E-state index is 0.276. The first-order valence-corrected chi connectivity index (χ1v) is 4.13. The molecule has 0 bridgehead atoms. The molecule has 2 nitrogen and oxygen atoms in total. The number of pyridine rings is 1. The minimum Gasteiger partial charge on any atom is -0.304 e. The van der Waals surface area contributed by atoms with E-state index in [1.54, 1.807) is 16.8 Å². The quantitative estimate of drug-likeness (QED) is 0.664. The Hall–Kier alpha value is -0.650. The maximum Gasteiger partial charge on any atom is 0.173 e. The van der Waals surface area contributed by atoms with Crippen molar-refractivity contribution < 1.29 is 4.39 Å². The number of hydrogen-bond donors (Lipinski definition) is 0. The molecule has 0 amide bonds. The van der Waals surface area contributed by atoms with E-state index in [1.807, 2.05) is 6.20 Å². The molecule has 11 heavy (non-hydrogen) atoms. The Kier molecular flexibility index (Phi) is 1.56. The molecular weight excluding hydrogens is 258 g/mol. The van der Waals surface area contributed by atoms with Crippen LogP contribution in [0.2, 0.25) is 0 Å². The number of imidazole rings is 1. The molecular formula is C7H4FIN2. The second kappa shape index (κ2) is 2.44. The Bertz CT molecular complexity index is 396. The van der Waals surface area contributed by atoms with Crippen molar-refractivity contribution in [1.29, 1.82) is 0 Å². The third kappa shape index (κ3) is 1.11. The highest BCUT2D eigenvalue weighted by atomic mass is 127. The molecule has 0 aromatic carbocycles. The summed E-state index contributed by atoms with van der Waals surface area (Å²) < 4.78 is 15.5. The largest absolute Gasteiger partial charge is 0.304 e. The first kappa shape index (κ1) is 7.02. The highest BCUT2D eigenvalue weighted by molar-refractivity contribution is 14.1. The van der Waals surface area contributed by atoms with E-state index in [0.717, 1.165) is 3.57 Å². The van der Waals surface area contributed by atoms with Crippen LogP contribution in [0.5, 0.6) is 0 Å². The molecule has 0 aliphatic carbocycles. The van der Waals surface area contributed by atoms with Crippen LogP contribution in [0.15, 0.2) is 24.7 Å². The molecule has 4 heteroatoms. The lowest BCUT2D eigenvalue weighted by Crippen LogP contribution is -1.88. The van der Waals surface area contributed by atoms with Gasteiger partial charge in [-0.2, -0.15) is 0 Å². The molecule has 2 aromatic rings. The fourth-order valence-corrected chi connectivity index (χ4v) is 1.53. The molecule has 0 spiro atoms. The molecule has 0 atom stereocenters. The monoisotopic (exact) mass is 262 g/mol. The number of hydrogen-bond acceptors (Lipinski definition) is 1. The predicted molar refractivity (Wildman–Crippen MR) is 47.9 cm³/mol. The van der Waals surface area contributed by atoms with E-state index in [0.29, 0.717) is 5.65 Å². The lowest BCUT2D eigenvalue weighted by Gasteiger charge is -1.95. The summed E-state index contributed by atoms with van der Waals surface area (Å²) in [4.78, 5) is 3.84.